The third-order valence-corrected chi connectivity index (χ3v) is 5.91. The molecule has 0 aliphatic heterocycles. The number of hydrogen-bond acceptors (Lipinski definition) is 3. The number of carboxylic acid groups (broad SMARTS) is 2. The van der Waals surface area contributed by atoms with E-state index in [1.54, 1.807) is 30.3 Å². The van der Waals surface area contributed by atoms with Gasteiger partial charge in [0.1, 0.15) is 5.78 Å². The summed E-state index contributed by atoms with van der Waals surface area (Å²) < 4.78 is 26.1. The molecule has 7 heteroatoms. The highest BCUT2D eigenvalue weighted by Crippen LogP contribution is 2.44. The molecule has 0 aromatic heterocycles. The molecule has 0 saturated heterocycles. The second-order valence-electron chi connectivity index (χ2n) is 8.06. The van der Waals surface area contributed by atoms with Gasteiger partial charge in [0.2, 0.25) is 5.92 Å². The van der Waals surface area contributed by atoms with E-state index in [2.05, 4.69) is 0 Å². The predicted molar refractivity (Wildman–Crippen MR) is 110 cm³/mol. The zero-order valence-corrected chi connectivity index (χ0v) is 16.9. The first-order chi connectivity index (χ1) is 14.7. The minimum atomic E-state index is -2.64. The normalized spacial score (nSPS) is 21.9. The molecule has 2 unspecified atom stereocenters. The summed E-state index contributed by atoms with van der Waals surface area (Å²) in [6.45, 7) is 0. The average molecular weight is 430 g/mol. The number of carbonyl (C=O) groups is 3. The van der Waals surface area contributed by atoms with Crippen molar-refractivity contribution in [3.63, 3.8) is 0 Å². The molecule has 2 saturated carbocycles. The molecule has 2 N–H and O–H groups in total. The summed E-state index contributed by atoms with van der Waals surface area (Å²) in [4.78, 5) is 33.1. The van der Waals surface area contributed by atoms with Crippen molar-refractivity contribution in [2.75, 3.05) is 0 Å². The van der Waals surface area contributed by atoms with Crippen LogP contribution in [0.1, 0.15) is 82.2 Å². The minimum Gasteiger partial charge on any atom is -0.478 e. The van der Waals surface area contributed by atoms with Crippen molar-refractivity contribution >= 4 is 17.7 Å². The molecule has 5 nitrogen and oxygen atoms in total. The Morgan fingerprint density at radius 2 is 1.35 bits per heavy atom. The van der Waals surface area contributed by atoms with Crippen molar-refractivity contribution < 1.29 is 33.4 Å². The molecule has 0 radical (unpaired) electrons. The molecule has 0 bridgehead atoms. The first kappa shape index (κ1) is 22.6. The number of aromatic carboxylic acids is 2. The molecule has 2 aromatic carbocycles. The smallest absolute Gasteiger partial charge is 0.335 e. The van der Waals surface area contributed by atoms with Gasteiger partial charge in [0.25, 0.3) is 0 Å². The van der Waals surface area contributed by atoms with Crippen LogP contribution in [0.2, 0.25) is 0 Å². The maximum absolute atomic E-state index is 13.1. The fourth-order valence-electron chi connectivity index (χ4n) is 4.39. The Morgan fingerprint density at radius 3 is 1.77 bits per heavy atom. The fourth-order valence-corrected chi connectivity index (χ4v) is 4.39. The third kappa shape index (κ3) is 5.54. The van der Waals surface area contributed by atoms with Crippen LogP contribution in [-0.2, 0) is 4.79 Å². The number of hydrogen-bond donors (Lipinski definition) is 2. The lowest BCUT2D eigenvalue weighted by Gasteiger charge is -2.13. The van der Waals surface area contributed by atoms with E-state index in [1.165, 1.54) is 6.07 Å². The molecule has 0 spiro atoms. The lowest BCUT2D eigenvalue weighted by Crippen LogP contribution is -2.10. The Labute approximate surface area is 178 Å². The van der Waals surface area contributed by atoms with Gasteiger partial charge in [-0.3, -0.25) is 4.79 Å². The van der Waals surface area contributed by atoms with Crippen LogP contribution >= 0.6 is 0 Å². The summed E-state index contributed by atoms with van der Waals surface area (Å²) in [5.74, 6) is -4.60. The second-order valence-corrected chi connectivity index (χ2v) is 8.06. The SMILES string of the molecule is O=C(O)c1ccccc1C1CCC(F)(F)C1.O=C1CCC(c2ccccc2C(=O)O)C1. The summed E-state index contributed by atoms with van der Waals surface area (Å²) in [7, 11) is 0. The molecule has 2 aliphatic carbocycles. The van der Waals surface area contributed by atoms with Gasteiger partial charge in [-0.05, 0) is 47.9 Å². The van der Waals surface area contributed by atoms with Crippen LogP contribution in [0.15, 0.2) is 48.5 Å². The van der Waals surface area contributed by atoms with Crippen molar-refractivity contribution in [2.24, 2.45) is 0 Å². The number of carbonyl (C=O) groups excluding carboxylic acids is 1. The topological polar surface area (TPSA) is 91.7 Å². The number of benzene rings is 2. The van der Waals surface area contributed by atoms with E-state index in [9.17, 15) is 23.2 Å². The van der Waals surface area contributed by atoms with Crippen LogP contribution in [0.4, 0.5) is 8.78 Å². The van der Waals surface area contributed by atoms with Crippen molar-refractivity contribution in [3.8, 4) is 0 Å². The van der Waals surface area contributed by atoms with Crippen molar-refractivity contribution in [3.05, 3.63) is 70.8 Å². The maximum atomic E-state index is 13.1. The van der Waals surface area contributed by atoms with E-state index in [0.29, 0.717) is 30.4 Å². The summed E-state index contributed by atoms with van der Waals surface area (Å²) in [6, 6.07) is 13.4. The number of ketones is 1. The average Bonchev–Trinajstić information content (AvgIpc) is 3.33. The first-order valence-electron chi connectivity index (χ1n) is 10.2. The van der Waals surface area contributed by atoms with Crippen molar-refractivity contribution in [1.29, 1.82) is 0 Å². The quantitative estimate of drug-likeness (QED) is 0.667. The van der Waals surface area contributed by atoms with E-state index < -0.39 is 17.9 Å². The first-order valence-corrected chi connectivity index (χ1v) is 10.2. The number of halogens is 2. The lowest BCUT2D eigenvalue weighted by atomic mass is 9.93. The molecule has 0 heterocycles. The Bertz CT molecular complexity index is 985. The van der Waals surface area contributed by atoms with Crippen LogP contribution in [0.3, 0.4) is 0 Å². The van der Waals surface area contributed by atoms with Gasteiger partial charge >= 0.3 is 11.9 Å². The predicted octanol–water partition coefficient (Wildman–Crippen LogP) is 5.51. The molecule has 2 aliphatic rings. The number of rotatable bonds is 4. The van der Waals surface area contributed by atoms with Crippen LogP contribution in [0.5, 0.6) is 0 Å². The third-order valence-electron chi connectivity index (χ3n) is 5.91. The molecule has 0 amide bonds. The van der Waals surface area contributed by atoms with Crippen LogP contribution in [-0.4, -0.2) is 33.9 Å². The van der Waals surface area contributed by atoms with Gasteiger partial charge in [0.05, 0.1) is 11.1 Å². The van der Waals surface area contributed by atoms with Gasteiger partial charge in [-0.1, -0.05) is 36.4 Å². The number of Topliss-reactive ketones (excluding diaryl/α,β-unsaturated/α-hetero) is 1. The van der Waals surface area contributed by atoms with Gasteiger partial charge in [-0.15, -0.1) is 0 Å². The maximum Gasteiger partial charge on any atom is 0.335 e. The molecule has 31 heavy (non-hydrogen) atoms. The van der Waals surface area contributed by atoms with Gasteiger partial charge in [-0.25, -0.2) is 18.4 Å². The highest BCUT2D eigenvalue weighted by Gasteiger charge is 2.40. The molecular weight excluding hydrogens is 406 g/mol. The minimum absolute atomic E-state index is 0.102. The van der Waals surface area contributed by atoms with Crippen molar-refractivity contribution in [2.45, 2.75) is 56.3 Å². The summed E-state index contributed by atoms with van der Waals surface area (Å²) in [5.41, 5.74) is 1.81. The van der Waals surface area contributed by atoms with Gasteiger partial charge in [0, 0.05) is 25.7 Å². The van der Waals surface area contributed by atoms with Gasteiger partial charge in [0.15, 0.2) is 0 Å². The number of carboxylic acids is 2. The summed E-state index contributed by atoms with van der Waals surface area (Å²) >= 11 is 0. The Kier molecular flexibility index (Phi) is 6.83. The highest BCUT2D eigenvalue weighted by molar-refractivity contribution is 5.91. The lowest BCUT2D eigenvalue weighted by molar-refractivity contribution is -0.117. The number of alkyl halides is 2. The monoisotopic (exact) mass is 430 g/mol. The molecule has 2 aromatic rings. The largest absolute Gasteiger partial charge is 0.478 e. The molecular formula is C24H24F2O5. The summed E-state index contributed by atoms with van der Waals surface area (Å²) in [5, 5.41) is 18.0. The van der Waals surface area contributed by atoms with Crippen molar-refractivity contribution in [1.82, 2.24) is 0 Å². The zero-order chi connectivity index (χ0) is 22.6. The fraction of sp³-hybridized carbons (Fsp3) is 0.375. The van der Waals surface area contributed by atoms with Gasteiger partial charge in [-0.2, -0.15) is 0 Å². The van der Waals surface area contributed by atoms with Crippen LogP contribution in [0, 0.1) is 0 Å². The Morgan fingerprint density at radius 1 is 0.839 bits per heavy atom. The molecule has 164 valence electrons. The Balaban J connectivity index is 0.000000176. The van der Waals surface area contributed by atoms with Crippen LogP contribution in [0.25, 0.3) is 0 Å². The standard InChI is InChI=1S/C12H12F2O2.C12H12O3/c13-12(14)6-5-8(7-12)9-3-1-2-4-10(9)11(15)16;13-9-6-5-8(7-9)10-3-1-2-4-11(10)12(14)15/h1-4,8H,5-7H2,(H,15,16);1-4,8H,5-7H2,(H,14,15). The zero-order valence-electron chi connectivity index (χ0n) is 16.9. The molecule has 4 rings (SSSR count). The van der Waals surface area contributed by atoms with E-state index in [-0.39, 0.29) is 36.0 Å². The molecule has 2 atom stereocenters. The highest BCUT2D eigenvalue weighted by atomic mass is 19.3. The second kappa shape index (κ2) is 9.37. The van der Waals surface area contributed by atoms with E-state index in [0.717, 1.165) is 12.0 Å². The van der Waals surface area contributed by atoms with E-state index in [4.69, 9.17) is 10.2 Å². The summed E-state index contributed by atoms with van der Waals surface area (Å²) in [6.07, 6.45) is 1.83. The Hall–Kier alpha value is -3.09. The van der Waals surface area contributed by atoms with E-state index >= 15 is 0 Å². The molecule has 2 fully saturated rings. The van der Waals surface area contributed by atoms with E-state index in [1.807, 2.05) is 12.1 Å². The van der Waals surface area contributed by atoms with Gasteiger partial charge < -0.3 is 10.2 Å². The van der Waals surface area contributed by atoms with Crippen LogP contribution < -0.4 is 0 Å².